The van der Waals surface area contributed by atoms with E-state index in [0.717, 1.165) is 5.56 Å². The Hall–Kier alpha value is -2.00. The molecule has 0 bridgehead atoms. The van der Waals surface area contributed by atoms with Crippen LogP contribution in [0, 0.1) is 13.8 Å². The van der Waals surface area contributed by atoms with Gasteiger partial charge >= 0.3 is 5.97 Å². The third-order valence-electron chi connectivity index (χ3n) is 2.86. The second-order valence-corrected chi connectivity index (χ2v) is 5.14. The zero-order valence-corrected chi connectivity index (χ0v) is 12.1. The van der Waals surface area contributed by atoms with Gasteiger partial charge in [-0.1, -0.05) is 40.9 Å². The molecule has 0 saturated heterocycles. The highest BCUT2D eigenvalue weighted by molar-refractivity contribution is 6.33. The van der Waals surface area contributed by atoms with Crippen molar-refractivity contribution in [2.45, 2.75) is 20.5 Å². The van der Waals surface area contributed by atoms with Crippen LogP contribution < -0.4 is 4.74 Å². The van der Waals surface area contributed by atoms with Crippen molar-refractivity contribution in [2.24, 2.45) is 0 Å². The quantitative estimate of drug-likeness (QED) is 0.916. The number of carbonyl (C=O) groups is 1. The molecule has 20 heavy (non-hydrogen) atoms. The monoisotopic (exact) mass is 290 g/mol. The topological polar surface area (TPSA) is 46.5 Å². The molecule has 0 aliphatic rings. The molecule has 104 valence electrons. The molecular weight excluding hydrogens is 276 g/mol. The summed E-state index contributed by atoms with van der Waals surface area (Å²) in [6.45, 7) is 4.45. The molecule has 2 rings (SSSR count). The highest BCUT2D eigenvalue weighted by atomic mass is 35.5. The van der Waals surface area contributed by atoms with Crippen molar-refractivity contribution in [3.63, 3.8) is 0 Å². The summed E-state index contributed by atoms with van der Waals surface area (Å²) in [4.78, 5) is 11.0. The number of carboxylic acid groups (broad SMARTS) is 1. The fraction of sp³-hybridized carbons (Fsp3) is 0.188. The summed E-state index contributed by atoms with van der Waals surface area (Å²) >= 11 is 5.81. The Morgan fingerprint density at radius 2 is 1.80 bits per heavy atom. The molecule has 0 fully saturated rings. The van der Waals surface area contributed by atoms with Crippen LogP contribution in [0.5, 0.6) is 5.75 Å². The first-order valence-corrected chi connectivity index (χ1v) is 6.56. The average Bonchev–Trinajstić information content (AvgIpc) is 2.36. The van der Waals surface area contributed by atoms with Gasteiger partial charge in [-0.05, 0) is 37.6 Å². The second kappa shape index (κ2) is 5.97. The van der Waals surface area contributed by atoms with E-state index in [4.69, 9.17) is 21.4 Å². The highest BCUT2D eigenvalue weighted by Gasteiger charge is 2.10. The van der Waals surface area contributed by atoms with Crippen LogP contribution in [0.15, 0.2) is 36.4 Å². The average molecular weight is 291 g/mol. The van der Waals surface area contributed by atoms with Gasteiger partial charge in [0.2, 0.25) is 0 Å². The fourth-order valence-corrected chi connectivity index (χ4v) is 2.28. The van der Waals surface area contributed by atoms with Gasteiger partial charge in [-0.15, -0.1) is 0 Å². The van der Waals surface area contributed by atoms with E-state index >= 15 is 0 Å². The van der Waals surface area contributed by atoms with Crippen LogP contribution in [0.2, 0.25) is 5.02 Å². The van der Waals surface area contributed by atoms with Gasteiger partial charge < -0.3 is 9.84 Å². The zero-order chi connectivity index (χ0) is 14.7. The molecule has 0 aliphatic carbocycles. The van der Waals surface area contributed by atoms with E-state index in [1.807, 2.05) is 26.0 Å². The molecule has 4 heteroatoms. The number of ether oxygens (including phenoxy) is 1. The van der Waals surface area contributed by atoms with Gasteiger partial charge in [0, 0.05) is 0 Å². The number of carboxylic acids is 1. The van der Waals surface area contributed by atoms with E-state index in [1.54, 1.807) is 6.07 Å². The van der Waals surface area contributed by atoms with Crippen molar-refractivity contribution in [1.29, 1.82) is 0 Å². The molecule has 2 aromatic rings. The SMILES string of the molecule is Cc1cc(C)cc(COc2ccc(Cl)c(C(=O)O)c2)c1. The van der Waals surface area contributed by atoms with E-state index in [2.05, 4.69) is 6.07 Å². The number of hydrogen-bond acceptors (Lipinski definition) is 2. The van der Waals surface area contributed by atoms with Crippen molar-refractivity contribution in [2.75, 3.05) is 0 Å². The second-order valence-electron chi connectivity index (χ2n) is 4.73. The van der Waals surface area contributed by atoms with Crippen LogP contribution in [-0.2, 0) is 6.61 Å². The van der Waals surface area contributed by atoms with Gasteiger partial charge in [-0.25, -0.2) is 4.79 Å². The molecule has 0 unspecified atom stereocenters. The first kappa shape index (κ1) is 14.4. The summed E-state index contributed by atoms with van der Waals surface area (Å²) in [7, 11) is 0. The lowest BCUT2D eigenvalue weighted by Crippen LogP contribution is -2.00. The highest BCUT2D eigenvalue weighted by Crippen LogP contribution is 2.23. The maximum atomic E-state index is 11.0. The minimum absolute atomic E-state index is 0.0459. The van der Waals surface area contributed by atoms with E-state index in [-0.39, 0.29) is 10.6 Å². The summed E-state index contributed by atoms with van der Waals surface area (Å²) in [6.07, 6.45) is 0. The predicted octanol–water partition coefficient (Wildman–Crippen LogP) is 4.23. The minimum Gasteiger partial charge on any atom is -0.489 e. The number of aromatic carboxylic acids is 1. The van der Waals surface area contributed by atoms with Gasteiger partial charge in [-0.2, -0.15) is 0 Å². The Morgan fingerprint density at radius 3 is 2.40 bits per heavy atom. The molecule has 0 amide bonds. The Balaban J connectivity index is 2.14. The molecule has 0 aromatic heterocycles. The van der Waals surface area contributed by atoms with Crippen LogP contribution in [0.3, 0.4) is 0 Å². The lowest BCUT2D eigenvalue weighted by molar-refractivity contribution is 0.0696. The van der Waals surface area contributed by atoms with E-state index in [1.165, 1.54) is 23.3 Å². The lowest BCUT2D eigenvalue weighted by Gasteiger charge is -2.09. The van der Waals surface area contributed by atoms with Crippen LogP contribution in [0.1, 0.15) is 27.0 Å². The third kappa shape index (κ3) is 3.52. The summed E-state index contributed by atoms with van der Waals surface area (Å²) in [5.74, 6) is -0.571. The first-order chi connectivity index (χ1) is 9.45. The number of hydrogen-bond donors (Lipinski definition) is 1. The zero-order valence-electron chi connectivity index (χ0n) is 11.3. The van der Waals surface area contributed by atoms with Gasteiger partial charge in [0.05, 0.1) is 10.6 Å². The van der Waals surface area contributed by atoms with Crippen molar-refractivity contribution in [3.8, 4) is 5.75 Å². The normalized spacial score (nSPS) is 10.3. The largest absolute Gasteiger partial charge is 0.489 e. The number of aryl methyl sites for hydroxylation is 2. The first-order valence-electron chi connectivity index (χ1n) is 6.18. The van der Waals surface area contributed by atoms with Gasteiger partial charge in [0.25, 0.3) is 0 Å². The van der Waals surface area contributed by atoms with Crippen LogP contribution >= 0.6 is 11.6 Å². The molecule has 0 atom stereocenters. The number of benzene rings is 2. The Kier molecular flexibility index (Phi) is 4.30. The Morgan fingerprint density at radius 1 is 1.15 bits per heavy atom. The van der Waals surface area contributed by atoms with E-state index < -0.39 is 5.97 Å². The molecule has 0 saturated carbocycles. The molecule has 0 radical (unpaired) electrons. The molecule has 0 spiro atoms. The molecule has 0 aliphatic heterocycles. The Bertz CT molecular complexity index is 630. The van der Waals surface area contributed by atoms with Crippen LogP contribution in [0.25, 0.3) is 0 Å². The number of halogens is 1. The summed E-state index contributed by atoms with van der Waals surface area (Å²) < 4.78 is 5.63. The standard InChI is InChI=1S/C16H15ClO3/c1-10-5-11(2)7-12(6-10)9-20-13-3-4-15(17)14(8-13)16(18)19/h3-8H,9H2,1-2H3,(H,18,19). The van der Waals surface area contributed by atoms with Crippen molar-refractivity contribution < 1.29 is 14.6 Å². The van der Waals surface area contributed by atoms with E-state index in [0.29, 0.717) is 12.4 Å². The molecule has 0 heterocycles. The fourth-order valence-electron chi connectivity index (χ4n) is 2.08. The van der Waals surface area contributed by atoms with Gasteiger partial charge in [0.1, 0.15) is 12.4 Å². The predicted molar refractivity (Wildman–Crippen MR) is 78.7 cm³/mol. The molecule has 3 nitrogen and oxygen atoms in total. The molecular formula is C16H15ClO3. The van der Waals surface area contributed by atoms with Gasteiger partial charge in [-0.3, -0.25) is 0 Å². The van der Waals surface area contributed by atoms with Crippen LogP contribution in [0.4, 0.5) is 0 Å². The summed E-state index contributed by atoms with van der Waals surface area (Å²) in [5, 5.41) is 9.21. The van der Waals surface area contributed by atoms with E-state index in [9.17, 15) is 4.79 Å². The maximum Gasteiger partial charge on any atom is 0.337 e. The summed E-state index contributed by atoms with van der Waals surface area (Å²) in [5.41, 5.74) is 3.44. The Labute approximate surface area is 122 Å². The molecule has 2 aromatic carbocycles. The summed E-state index contributed by atoms with van der Waals surface area (Å²) in [6, 6.07) is 10.8. The van der Waals surface area contributed by atoms with Crippen molar-refractivity contribution in [1.82, 2.24) is 0 Å². The van der Waals surface area contributed by atoms with Gasteiger partial charge in [0.15, 0.2) is 0 Å². The maximum absolute atomic E-state index is 11.0. The third-order valence-corrected chi connectivity index (χ3v) is 3.18. The minimum atomic E-state index is -1.06. The lowest BCUT2D eigenvalue weighted by atomic mass is 10.1. The van der Waals surface area contributed by atoms with Crippen molar-refractivity contribution >= 4 is 17.6 Å². The van der Waals surface area contributed by atoms with Crippen LogP contribution in [-0.4, -0.2) is 11.1 Å². The number of rotatable bonds is 4. The molecule has 1 N–H and O–H groups in total. The smallest absolute Gasteiger partial charge is 0.337 e. The van der Waals surface area contributed by atoms with Crippen molar-refractivity contribution in [3.05, 3.63) is 63.7 Å².